The van der Waals surface area contributed by atoms with Crippen LogP contribution in [0.1, 0.15) is 52.9 Å². The van der Waals surface area contributed by atoms with Gasteiger partial charge in [0, 0.05) is 6.61 Å². The van der Waals surface area contributed by atoms with Crippen LogP contribution in [0.15, 0.2) is 0 Å². The summed E-state index contributed by atoms with van der Waals surface area (Å²) in [7, 11) is 0. The monoisotopic (exact) mass is 216 g/mol. The van der Waals surface area contributed by atoms with E-state index in [2.05, 4.69) is 0 Å². The lowest BCUT2D eigenvalue weighted by Crippen LogP contribution is -2.33. The molecule has 0 spiro atoms. The number of carbonyl (C=O) groups is 1. The minimum Gasteiger partial charge on any atom is -0.481 e. The van der Waals surface area contributed by atoms with Crippen molar-refractivity contribution in [2.45, 2.75) is 52.9 Å². The molecule has 3 nitrogen and oxygen atoms in total. The lowest BCUT2D eigenvalue weighted by atomic mass is 9.75. The Bertz CT molecular complexity index is 189. The molecule has 1 unspecified atom stereocenters. The number of hydrogen-bond acceptors (Lipinski definition) is 2. The van der Waals surface area contributed by atoms with E-state index in [0.29, 0.717) is 0 Å². The fraction of sp³-hybridized carbons (Fsp3) is 0.917. The molecule has 0 saturated carbocycles. The standard InChI is InChI=1S/C12H24O3/c1-10(2)12(3,11(14)15)8-6-4-5-7-9-13/h10,13H,4-9H2,1-3H3,(H,14,15). The molecule has 0 saturated heterocycles. The molecule has 0 radical (unpaired) electrons. The van der Waals surface area contributed by atoms with Gasteiger partial charge in [-0.05, 0) is 25.7 Å². The van der Waals surface area contributed by atoms with E-state index in [-0.39, 0.29) is 12.5 Å². The van der Waals surface area contributed by atoms with E-state index in [1.807, 2.05) is 20.8 Å². The topological polar surface area (TPSA) is 57.5 Å². The van der Waals surface area contributed by atoms with Crippen molar-refractivity contribution >= 4 is 5.97 Å². The lowest BCUT2D eigenvalue weighted by Gasteiger charge is -2.29. The zero-order valence-corrected chi connectivity index (χ0v) is 10.1. The first-order valence-electron chi connectivity index (χ1n) is 5.79. The van der Waals surface area contributed by atoms with E-state index >= 15 is 0 Å². The molecule has 15 heavy (non-hydrogen) atoms. The largest absolute Gasteiger partial charge is 0.481 e. The number of aliphatic carboxylic acids is 1. The van der Waals surface area contributed by atoms with Gasteiger partial charge in [-0.25, -0.2) is 0 Å². The summed E-state index contributed by atoms with van der Waals surface area (Å²) in [4.78, 5) is 11.1. The summed E-state index contributed by atoms with van der Waals surface area (Å²) in [5, 5.41) is 17.8. The average molecular weight is 216 g/mol. The molecule has 0 aliphatic carbocycles. The summed E-state index contributed by atoms with van der Waals surface area (Å²) in [6, 6.07) is 0. The third-order valence-corrected chi connectivity index (χ3v) is 3.37. The number of aliphatic hydroxyl groups is 1. The summed E-state index contributed by atoms with van der Waals surface area (Å²) in [6.45, 7) is 5.98. The van der Waals surface area contributed by atoms with Crippen LogP contribution < -0.4 is 0 Å². The Balaban J connectivity index is 3.93. The third-order valence-electron chi connectivity index (χ3n) is 3.37. The normalized spacial score (nSPS) is 15.3. The highest BCUT2D eigenvalue weighted by Gasteiger charge is 2.35. The van der Waals surface area contributed by atoms with E-state index in [1.165, 1.54) is 0 Å². The second-order valence-electron chi connectivity index (χ2n) is 4.77. The van der Waals surface area contributed by atoms with Gasteiger partial charge < -0.3 is 10.2 Å². The van der Waals surface area contributed by atoms with Crippen LogP contribution in [0.25, 0.3) is 0 Å². The van der Waals surface area contributed by atoms with Gasteiger partial charge in [0.25, 0.3) is 0 Å². The minimum atomic E-state index is -0.695. The number of aliphatic hydroxyl groups excluding tert-OH is 1. The highest BCUT2D eigenvalue weighted by Crippen LogP contribution is 2.33. The first-order chi connectivity index (χ1) is 6.95. The fourth-order valence-electron chi connectivity index (χ4n) is 1.60. The van der Waals surface area contributed by atoms with Crippen LogP contribution in [-0.4, -0.2) is 22.8 Å². The van der Waals surface area contributed by atoms with E-state index in [4.69, 9.17) is 10.2 Å². The summed E-state index contributed by atoms with van der Waals surface area (Å²) in [6.07, 6.45) is 4.48. The Kier molecular flexibility index (Phi) is 6.57. The second-order valence-corrected chi connectivity index (χ2v) is 4.77. The molecule has 0 fully saturated rings. The van der Waals surface area contributed by atoms with Crippen LogP contribution in [0.2, 0.25) is 0 Å². The molecule has 0 bridgehead atoms. The third kappa shape index (κ3) is 4.65. The van der Waals surface area contributed by atoms with Crippen molar-refractivity contribution in [1.29, 1.82) is 0 Å². The molecular weight excluding hydrogens is 192 g/mol. The van der Waals surface area contributed by atoms with Gasteiger partial charge in [0.15, 0.2) is 0 Å². The highest BCUT2D eigenvalue weighted by atomic mass is 16.4. The molecule has 0 heterocycles. The van der Waals surface area contributed by atoms with Gasteiger partial charge in [-0.3, -0.25) is 4.79 Å². The van der Waals surface area contributed by atoms with Gasteiger partial charge >= 0.3 is 5.97 Å². The molecule has 3 heteroatoms. The molecule has 90 valence electrons. The quantitative estimate of drug-likeness (QED) is 0.613. The first-order valence-corrected chi connectivity index (χ1v) is 5.79. The number of rotatable bonds is 8. The number of unbranched alkanes of at least 4 members (excludes halogenated alkanes) is 3. The van der Waals surface area contributed by atoms with Crippen LogP contribution in [0.3, 0.4) is 0 Å². The Labute approximate surface area is 92.5 Å². The van der Waals surface area contributed by atoms with Crippen molar-refractivity contribution < 1.29 is 15.0 Å². The molecule has 0 aromatic heterocycles. The fourth-order valence-corrected chi connectivity index (χ4v) is 1.60. The molecule has 0 rings (SSSR count). The van der Waals surface area contributed by atoms with Crippen LogP contribution in [0.4, 0.5) is 0 Å². The van der Waals surface area contributed by atoms with Gasteiger partial charge in [-0.2, -0.15) is 0 Å². The van der Waals surface area contributed by atoms with Gasteiger partial charge in [0.2, 0.25) is 0 Å². The lowest BCUT2D eigenvalue weighted by molar-refractivity contribution is -0.151. The Morgan fingerprint density at radius 2 is 1.73 bits per heavy atom. The maximum Gasteiger partial charge on any atom is 0.309 e. The molecule has 2 N–H and O–H groups in total. The number of carboxylic acids is 1. The minimum absolute atomic E-state index is 0.160. The summed E-state index contributed by atoms with van der Waals surface area (Å²) < 4.78 is 0. The Morgan fingerprint density at radius 1 is 1.20 bits per heavy atom. The SMILES string of the molecule is CC(C)C(C)(CCCCCCO)C(=O)O. The van der Waals surface area contributed by atoms with Crippen molar-refractivity contribution in [3.63, 3.8) is 0 Å². The zero-order chi connectivity index (χ0) is 11.9. The van der Waals surface area contributed by atoms with Gasteiger partial charge in [-0.15, -0.1) is 0 Å². The second kappa shape index (κ2) is 6.83. The summed E-state index contributed by atoms with van der Waals surface area (Å²) in [5.41, 5.74) is -0.598. The van der Waals surface area contributed by atoms with Crippen LogP contribution in [0, 0.1) is 11.3 Å². The molecule has 0 aliphatic heterocycles. The van der Waals surface area contributed by atoms with Crippen LogP contribution in [-0.2, 0) is 4.79 Å². The maximum absolute atomic E-state index is 11.1. The predicted molar refractivity (Wildman–Crippen MR) is 60.8 cm³/mol. The molecule has 1 atom stereocenters. The van der Waals surface area contributed by atoms with E-state index in [9.17, 15) is 4.79 Å². The molecule has 0 amide bonds. The molecule has 0 aromatic carbocycles. The van der Waals surface area contributed by atoms with Gasteiger partial charge in [0.05, 0.1) is 5.41 Å². The van der Waals surface area contributed by atoms with Crippen molar-refractivity contribution in [1.82, 2.24) is 0 Å². The summed E-state index contributed by atoms with van der Waals surface area (Å²) in [5.74, 6) is -0.535. The van der Waals surface area contributed by atoms with E-state index in [1.54, 1.807) is 0 Å². The van der Waals surface area contributed by atoms with Gasteiger partial charge in [-0.1, -0.05) is 33.1 Å². The van der Waals surface area contributed by atoms with Crippen molar-refractivity contribution in [3.8, 4) is 0 Å². The van der Waals surface area contributed by atoms with E-state index < -0.39 is 11.4 Å². The molecule has 0 aliphatic rings. The van der Waals surface area contributed by atoms with Crippen LogP contribution >= 0.6 is 0 Å². The van der Waals surface area contributed by atoms with E-state index in [0.717, 1.165) is 32.1 Å². The number of carboxylic acid groups (broad SMARTS) is 1. The van der Waals surface area contributed by atoms with Crippen LogP contribution in [0.5, 0.6) is 0 Å². The first kappa shape index (κ1) is 14.4. The van der Waals surface area contributed by atoms with Crippen molar-refractivity contribution in [3.05, 3.63) is 0 Å². The highest BCUT2D eigenvalue weighted by molar-refractivity contribution is 5.74. The number of hydrogen-bond donors (Lipinski definition) is 2. The van der Waals surface area contributed by atoms with Crippen molar-refractivity contribution in [2.75, 3.05) is 6.61 Å². The molecular formula is C12H24O3. The maximum atomic E-state index is 11.1. The Hall–Kier alpha value is -0.570. The van der Waals surface area contributed by atoms with Gasteiger partial charge in [0.1, 0.15) is 0 Å². The summed E-state index contributed by atoms with van der Waals surface area (Å²) >= 11 is 0. The smallest absolute Gasteiger partial charge is 0.309 e. The van der Waals surface area contributed by atoms with Crippen molar-refractivity contribution in [2.24, 2.45) is 11.3 Å². The predicted octanol–water partition coefficient (Wildman–Crippen LogP) is 2.68. The Morgan fingerprint density at radius 3 is 2.13 bits per heavy atom. The molecule has 0 aromatic rings. The zero-order valence-electron chi connectivity index (χ0n) is 10.1. The average Bonchev–Trinajstić information content (AvgIpc) is 2.16.